The number of hydrogen-bond acceptors (Lipinski definition) is 3. The zero-order chi connectivity index (χ0) is 13.7. The molecule has 2 fully saturated rings. The van der Waals surface area contributed by atoms with Crippen molar-refractivity contribution in [2.24, 2.45) is 5.92 Å². The summed E-state index contributed by atoms with van der Waals surface area (Å²) in [6, 6.07) is 0. The molecule has 0 radical (unpaired) electrons. The molecule has 1 saturated heterocycles. The maximum Gasteiger partial charge on any atom is 0.126 e. The van der Waals surface area contributed by atoms with E-state index in [1.54, 1.807) is 0 Å². The highest BCUT2D eigenvalue weighted by molar-refractivity contribution is 6.20. The first-order chi connectivity index (χ1) is 9.15. The number of rotatable bonds is 5. The molecule has 5 heteroatoms. The third kappa shape index (κ3) is 5.20. The normalized spacial score (nSPS) is 35.2. The van der Waals surface area contributed by atoms with E-state index in [1.165, 1.54) is 4.90 Å². The molecule has 0 amide bonds. The van der Waals surface area contributed by atoms with E-state index >= 15 is 0 Å². The van der Waals surface area contributed by atoms with Gasteiger partial charge in [0.05, 0.1) is 25.9 Å². The highest BCUT2D eigenvalue weighted by atomic mass is 35.5. The second kappa shape index (κ2) is 7.79. The summed E-state index contributed by atoms with van der Waals surface area (Å²) in [6.45, 7) is 7.00. The highest BCUT2D eigenvalue weighted by Crippen LogP contribution is 2.30. The fraction of sp³-hybridized carbons (Fsp3) is 1.00. The van der Waals surface area contributed by atoms with Crippen molar-refractivity contribution in [2.45, 2.75) is 43.8 Å². The van der Waals surface area contributed by atoms with E-state index in [0.717, 1.165) is 52.1 Å². The molecule has 1 heterocycles. The van der Waals surface area contributed by atoms with Crippen LogP contribution in [0, 0.1) is 5.92 Å². The Morgan fingerprint density at radius 1 is 1.37 bits per heavy atom. The Morgan fingerprint density at radius 2 is 2.11 bits per heavy atom. The van der Waals surface area contributed by atoms with Crippen LogP contribution in [0.5, 0.6) is 0 Å². The Bertz CT molecular complexity index is 261. The Balaban J connectivity index is 1.61. The van der Waals surface area contributed by atoms with Gasteiger partial charge in [-0.15, -0.1) is 11.6 Å². The first kappa shape index (κ1) is 15.5. The summed E-state index contributed by atoms with van der Waals surface area (Å²) in [7, 11) is 0. The van der Waals surface area contributed by atoms with Crippen molar-refractivity contribution < 1.29 is 19.5 Å². The van der Waals surface area contributed by atoms with Crippen molar-refractivity contribution >= 4 is 11.6 Å². The van der Waals surface area contributed by atoms with E-state index in [1.807, 2.05) is 0 Å². The topological polar surface area (TPSA) is 43.1 Å². The molecular formula is C14H27ClNO3+. The lowest BCUT2D eigenvalue weighted by Crippen LogP contribution is -3.15. The quantitative estimate of drug-likeness (QED) is 0.705. The minimum absolute atomic E-state index is 0.277. The highest BCUT2D eigenvalue weighted by Gasteiger charge is 2.27. The summed E-state index contributed by atoms with van der Waals surface area (Å²) in [5.41, 5.74) is 0. The van der Waals surface area contributed by atoms with Crippen molar-refractivity contribution in [2.75, 3.05) is 39.5 Å². The van der Waals surface area contributed by atoms with Gasteiger partial charge in [-0.05, 0) is 25.2 Å². The maximum absolute atomic E-state index is 10.0. The summed E-state index contributed by atoms with van der Waals surface area (Å²) in [5.74, 6) is 0.516. The molecular weight excluding hydrogens is 266 g/mol. The minimum Gasteiger partial charge on any atom is -0.385 e. The van der Waals surface area contributed by atoms with Gasteiger partial charge < -0.3 is 19.5 Å². The molecule has 4 atom stereocenters. The van der Waals surface area contributed by atoms with Crippen LogP contribution in [0.1, 0.15) is 26.2 Å². The van der Waals surface area contributed by atoms with Gasteiger partial charge >= 0.3 is 0 Å². The third-order valence-electron chi connectivity index (χ3n) is 4.27. The lowest BCUT2D eigenvalue weighted by Gasteiger charge is -2.31. The molecule has 2 rings (SSSR count). The first-order valence-corrected chi connectivity index (χ1v) is 7.94. The van der Waals surface area contributed by atoms with E-state index in [4.69, 9.17) is 21.1 Å². The van der Waals surface area contributed by atoms with Crippen LogP contribution in [0.25, 0.3) is 0 Å². The number of ether oxygens (including phenoxy) is 2. The summed E-state index contributed by atoms with van der Waals surface area (Å²) < 4.78 is 11.2. The smallest absolute Gasteiger partial charge is 0.126 e. The van der Waals surface area contributed by atoms with Crippen molar-refractivity contribution in [1.82, 2.24) is 0 Å². The standard InChI is InChI=1S/C14H26ClNO3/c1-11-8-13(2-3-14(11)15)19-10-12(17)9-16-4-6-18-7-5-16/h11-14,17H,2-10H2,1H3/p+1/t11?,12-,13?,14?/m0/s1. The average Bonchev–Trinajstić information content (AvgIpc) is 2.41. The molecule has 112 valence electrons. The monoisotopic (exact) mass is 292 g/mol. The van der Waals surface area contributed by atoms with E-state index in [2.05, 4.69) is 6.92 Å². The summed E-state index contributed by atoms with van der Waals surface area (Å²) in [5, 5.41) is 10.3. The largest absolute Gasteiger partial charge is 0.385 e. The van der Waals surface area contributed by atoms with Gasteiger partial charge in [-0.2, -0.15) is 0 Å². The van der Waals surface area contributed by atoms with Gasteiger partial charge in [0.1, 0.15) is 25.7 Å². The number of morpholine rings is 1. The fourth-order valence-corrected chi connectivity index (χ4v) is 3.19. The Morgan fingerprint density at radius 3 is 2.79 bits per heavy atom. The van der Waals surface area contributed by atoms with E-state index in [-0.39, 0.29) is 12.2 Å². The van der Waals surface area contributed by atoms with Gasteiger partial charge in [0.15, 0.2) is 0 Å². The van der Waals surface area contributed by atoms with Gasteiger partial charge in [0.25, 0.3) is 0 Å². The minimum atomic E-state index is -0.364. The van der Waals surface area contributed by atoms with Crippen molar-refractivity contribution in [1.29, 1.82) is 0 Å². The summed E-state index contributed by atoms with van der Waals surface area (Å²) in [6.07, 6.45) is 2.98. The number of nitrogens with one attached hydrogen (secondary N) is 1. The Kier molecular flexibility index (Phi) is 6.36. The molecule has 4 nitrogen and oxygen atoms in total. The van der Waals surface area contributed by atoms with E-state index < -0.39 is 0 Å². The van der Waals surface area contributed by atoms with Crippen LogP contribution in [0.4, 0.5) is 0 Å². The van der Waals surface area contributed by atoms with Gasteiger partial charge in [-0.25, -0.2) is 0 Å². The van der Waals surface area contributed by atoms with Crippen LogP contribution in [0.3, 0.4) is 0 Å². The molecule has 1 saturated carbocycles. The SMILES string of the molecule is CC1CC(OC[C@@H](O)C[NH+]2CCOCC2)CCC1Cl. The lowest BCUT2D eigenvalue weighted by atomic mass is 9.88. The van der Waals surface area contributed by atoms with Gasteiger partial charge in [0.2, 0.25) is 0 Å². The fourth-order valence-electron chi connectivity index (χ4n) is 2.96. The van der Waals surface area contributed by atoms with Gasteiger partial charge in [-0.3, -0.25) is 0 Å². The van der Waals surface area contributed by atoms with Gasteiger partial charge in [-0.1, -0.05) is 6.92 Å². The van der Waals surface area contributed by atoms with Crippen LogP contribution >= 0.6 is 11.6 Å². The summed E-state index contributed by atoms with van der Waals surface area (Å²) in [4.78, 5) is 1.42. The zero-order valence-corrected chi connectivity index (χ0v) is 12.6. The average molecular weight is 293 g/mol. The predicted octanol–water partition coefficient (Wildman–Crippen LogP) is 0.0750. The van der Waals surface area contributed by atoms with E-state index in [9.17, 15) is 5.11 Å². The molecule has 0 aromatic carbocycles. The lowest BCUT2D eigenvalue weighted by molar-refractivity contribution is -0.911. The molecule has 0 aromatic heterocycles. The Hall–Kier alpha value is 0.130. The molecule has 1 aliphatic heterocycles. The molecule has 0 bridgehead atoms. The molecule has 1 aliphatic carbocycles. The van der Waals surface area contributed by atoms with Crippen molar-refractivity contribution in [3.8, 4) is 0 Å². The molecule has 2 aliphatic rings. The predicted molar refractivity (Wildman–Crippen MR) is 74.8 cm³/mol. The van der Waals surface area contributed by atoms with Crippen LogP contribution in [0.2, 0.25) is 0 Å². The van der Waals surface area contributed by atoms with Crippen molar-refractivity contribution in [3.05, 3.63) is 0 Å². The van der Waals surface area contributed by atoms with Crippen molar-refractivity contribution in [3.63, 3.8) is 0 Å². The molecule has 19 heavy (non-hydrogen) atoms. The van der Waals surface area contributed by atoms with Crippen LogP contribution in [0.15, 0.2) is 0 Å². The van der Waals surface area contributed by atoms with Crippen LogP contribution in [-0.2, 0) is 9.47 Å². The number of aliphatic hydroxyl groups is 1. The third-order valence-corrected chi connectivity index (χ3v) is 4.91. The number of quaternary nitrogens is 1. The number of alkyl halides is 1. The second-order valence-corrected chi connectivity index (χ2v) is 6.54. The molecule has 0 spiro atoms. The molecule has 0 aromatic rings. The Labute approximate surface area is 121 Å². The first-order valence-electron chi connectivity index (χ1n) is 7.50. The number of halogens is 1. The zero-order valence-electron chi connectivity index (χ0n) is 11.8. The van der Waals surface area contributed by atoms with Crippen LogP contribution in [-0.4, -0.2) is 62.1 Å². The second-order valence-electron chi connectivity index (χ2n) is 5.98. The van der Waals surface area contributed by atoms with Crippen LogP contribution < -0.4 is 4.90 Å². The molecule has 2 N–H and O–H groups in total. The van der Waals surface area contributed by atoms with Gasteiger partial charge in [0, 0.05) is 5.38 Å². The summed E-state index contributed by atoms with van der Waals surface area (Å²) >= 11 is 6.20. The number of aliphatic hydroxyl groups excluding tert-OH is 1. The molecule has 3 unspecified atom stereocenters. The maximum atomic E-state index is 10.0. The number of hydrogen-bond donors (Lipinski definition) is 2. The van der Waals surface area contributed by atoms with E-state index in [0.29, 0.717) is 17.9 Å².